The summed E-state index contributed by atoms with van der Waals surface area (Å²) in [4.78, 5) is 16.2. The number of fused-ring (bicyclic) bond motifs is 1. The lowest BCUT2D eigenvalue weighted by Gasteiger charge is -1.96. The number of anilines is 1. The molecule has 0 aliphatic heterocycles. The number of imidazole rings is 1. The van der Waals surface area contributed by atoms with Gasteiger partial charge in [-0.1, -0.05) is 5.46 Å². The van der Waals surface area contributed by atoms with Crippen LogP contribution >= 0.6 is 0 Å². The van der Waals surface area contributed by atoms with Crippen molar-refractivity contribution < 1.29 is 0 Å². The summed E-state index contributed by atoms with van der Waals surface area (Å²) in [6, 6.07) is 3.70. The molecule has 2 aromatic rings. The molecule has 0 spiro atoms. The van der Waals surface area contributed by atoms with Gasteiger partial charge in [-0.05, 0) is 12.1 Å². The predicted octanol–water partition coefficient (Wildman–Crippen LogP) is -1.30. The molecular weight excluding hydrogens is 153 g/mol. The van der Waals surface area contributed by atoms with Crippen LogP contribution < -0.4 is 16.9 Å². The van der Waals surface area contributed by atoms with E-state index in [1.165, 1.54) is 0 Å². The fourth-order valence-corrected chi connectivity index (χ4v) is 1.32. The minimum absolute atomic E-state index is 0.220. The van der Waals surface area contributed by atoms with Gasteiger partial charge < -0.3 is 15.7 Å². The first kappa shape index (κ1) is 7.03. The molecule has 1 heterocycles. The molecule has 0 saturated heterocycles. The number of nitrogen functional groups attached to an aromatic ring is 1. The predicted molar refractivity (Wildman–Crippen MR) is 51.5 cm³/mol. The van der Waals surface area contributed by atoms with Gasteiger partial charge in [0.1, 0.15) is 7.85 Å². The average molecular weight is 161 g/mol. The quantitative estimate of drug-likeness (QED) is 0.331. The topological polar surface area (TPSA) is 74.7 Å². The van der Waals surface area contributed by atoms with E-state index in [1.54, 1.807) is 0 Å². The first-order chi connectivity index (χ1) is 5.66. The number of nitrogens with two attached hydrogens (primary N) is 1. The summed E-state index contributed by atoms with van der Waals surface area (Å²) in [7, 11) is 1.93. The molecule has 60 valence electrons. The Balaban J connectivity index is 2.97. The zero-order valence-electron chi connectivity index (χ0n) is 6.64. The molecule has 4 nitrogen and oxygen atoms in total. The standard InChI is InChI=1S/C7H8BN3O/c8-3-1-4(9)6-5(2-3)10-7(12)11-6/h1-2H,8-9H2,(H2,10,11,12). The Morgan fingerprint density at radius 2 is 2.08 bits per heavy atom. The van der Waals surface area contributed by atoms with E-state index >= 15 is 0 Å². The van der Waals surface area contributed by atoms with Gasteiger partial charge in [-0.3, -0.25) is 0 Å². The zero-order valence-corrected chi connectivity index (χ0v) is 6.64. The highest BCUT2D eigenvalue weighted by Crippen LogP contribution is 2.12. The molecule has 0 radical (unpaired) electrons. The van der Waals surface area contributed by atoms with Gasteiger partial charge in [0, 0.05) is 0 Å². The Hall–Kier alpha value is -1.65. The second-order valence-electron chi connectivity index (χ2n) is 2.86. The third-order valence-electron chi connectivity index (χ3n) is 1.80. The van der Waals surface area contributed by atoms with Gasteiger partial charge in [0.2, 0.25) is 0 Å². The molecule has 5 heteroatoms. The van der Waals surface area contributed by atoms with Gasteiger partial charge >= 0.3 is 5.69 Å². The van der Waals surface area contributed by atoms with Crippen LogP contribution in [0.5, 0.6) is 0 Å². The summed E-state index contributed by atoms with van der Waals surface area (Å²) >= 11 is 0. The monoisotopic (exact) mass is 161 g/mol. The molecule has 0 aliphatic carbocycles. The minimum atomic E-state index is -0.220. The smallest absolute Gasteiger partial charge is 0.323 e. The molecule has 0 saturated carbocycles. The van der Waals surface area contributed by atoms with Crippen molar-refractivity contribution in [3.05, 3.63) is 22.6 Å². The van der Waals surface area contributed by atoms with E-state index in [1.807, 2.05) is 20.0 Å². The minimum Gasteiger partial charge on any atom is -0.397 e. The first-order valence-electron chi connectivity index (χ1n) is 3.65. The van der Waals surface area contributed by atoms with Gasteiger partial charge in [0.25, 0.3) is 0 Å². The van der Waals surface area contributed by atoms with Gasteiger partial charge in [0.05, 0.1) is 16.7 Å². The summed E-state index contributed by atoms with van der Waals surface area (Å²) < 4.78 is 0. The van der Waals surface area contributed by atoms with Crippen LogP contribution in [0.3, 0.4) is 0 Å². The second-order valence-corrected chi connectivity index (χ2v) is 2.86. The summed E-state index contributed by atoms with van der Waals surface area (Å²) in [5, 5.41) is 0. The SMILES string of the molecule is Bc1cc(N)c2[nH]c(=O)[nH]c2c1. The van der Waals surface area contributed by atoms with Crippen molar-refractivity contribution in [2.24, 2.45) is 0 Å². The Morgan fingerprint density at radius 3 is 2.83 bits per heavy atom. The number of aromatic nitrogens is 2. The molecule has 0 aliphatic rings. The fraction of sp³-hybridized carbons (Fsp3) is 0. The maximum absolute atomic E-state index is 10.9. The Labute approximate surface area is 69.2 Å². The van der Waals surface area contributed by atoms with Crippen LogP contribution in [0.15, 0.2) is 16.9 Å². The summed E-state index contributed by atoms with van der Waals surface area (Å²) in [6.45, 7) is 0. The van der Waals surface area contributed by atoms with E-state index in [0.29, 0.717) is 11.2 Å². The highest BCUT2D eigenvalue weighted by atomic mass is 16.1. The maximum atomic E-state index is 10.9. The van der Waals surface area contributed by atoms with E-state index in [9.17, 15) is 4.79 Å². The highest BCUT2D eigenvalue weighted by molar-refractivity contribution is 6.33. The molecule has 0 amide bonds. The number of H-pyrrole nitrogens is 2. The van der Waals surface area contributed by atoms with E-state index in [-0.39, 0.29) is 5.69 Å². The molecule has 0 atom stereocenters. The van der Waals surface area contributed by atoms with Gasteiger partial charge in [0.15, 0.2) is 0 Å². The molecule has 1 aromatic carbocycles. The van der Waals surface area contributed by atoms with Crippen LogP contribution in [0.25, 0.3) is 11.0 Å². The third kappa shape index (κ3) is 0.904. The summed E-state index contributed by atoms with van der Waals surface area (Å²) in [5.74, 6) is 0. The molecule has 4 N–H and O–H groups in total. The number of hydrogen-bond donors (Lipinski definition) is 3. The molecule has 0 bridgehead atoms. The van der Waals surface area contributed by atoms with Crippen LogP contribution in [-0.2, 0) is 0 Å². The number of aromatic amines is 2. The Morgan fingerprint density at radius 1 is 1.33 bits per heavy atom. The molecular formula is C7H8BN3O. The average Bonchev–Trinajstić information content (AvgIpc) is 2.29. The van der Waals surface area contributed by atoms with Crippen molar-refractivity contribution in [1.29, 1.82) is 0 Å². The Kier molecular flexibility index (Phi) is 1.27. The largest absolute Gasteiger partial charge is 0.397 e. The molecule has 2 rings (SSSR count). The van der Waals surface area contributed by atoms with Crippen LogP contribution in [0.1, 0.15) is 0 Å². The number of nitrogens with one attached hydrogen (secondary N) is 2. The maximum Gasteiger partial charge on any atom is 0.323 e. The highest BCUT2D eigenvalue weighted by Gasteiger charge is 2.01. The van der Waals surface area contributed by atoms with Crippen LogP contribution in [0.2, 0.25) is 0 Å². The van der Waals surface area contributed by atoms with E-state index in [4.69, 9.17) is 5.73 Å². The van der Waals surface area contributed by atoms with Gasteiger partial charge in [-0.2, -0.15) is 0 Å². The summed E-state index contributed by atoms with van der Waals surface area (Å²) in [6.07, 6.45) is 0. The fourth-order valence-electron chi connectivity index (χ4n) is 1.32. The first-order valence-corrected chi connectivity index (χ1v) is 3.65. The van der Waals surface area contributed by atoms with Crippen molar-refractivity contribution in [1.82, 2.24) is 9.97 Å². The lowest BCUT2D eigenvalue weighted by molar-refractivity contribution is 1.22. The zero-order chi connectivity index (χ0) is 8.72. The van der Waals surface area contributed by atoms with Crippen LogP contribution in [0, 0.1) is 0 Å². The van der Waals surface area contributed by atoms with Crippen molar-refractivity contribution in [2.75, 3.05) is 5.73 Å². The van der Waals surface area contributed by atoms with Gasteiger partial charge in [-0.25, -0.2) is 4.79 Å². The molecule has 12 heavy (non-hydrogen) atoms. The molecule has 0 fully saturated rings. The lowest BCUT2D eigenvalue weighted by atomic mass is 9.95. The number of hydrogen-bond acceptors (Lipinski definition) is 2. The second kappa shape index (κ2) is 2.17. The Bertz CT molecular complexity index is 485. The van der Waals surface area contributed by atoms with Crippen LogP contribution in [0.4, 0.5) is 5.69 Å². The lowest BCUT2D eigenvalue weighted by Crippen LogP contribution is -2.03. The van der Waals surface area contributed by atoms with Gasteiger partial charge in [-0.15, -0.1) is 0 Å². The number of rotatable bonds is 0. The van der Waals surface area contributed by atoms with Crippen molar-refractivity contribution in [3.8, 4) is 0 Å². The van der Waals surface area contributed by atoms with E-state index < -0.39 is 0 Å². The van der Waals surface area contributed by atoms with E-state index in [2.05, 4.69) is 9.97 Å². The molecule has 0 unspecified atom stereocenters. The van der Waals surface area contributed by atoms with Crippen LogP contribution in [-0.4, -0.2) is 17.8 Å². The van der Waals surface area contributed by atoms with Crippen molar-refractivity contribution in [3.63, 3.8) is 0 Å². The molecule has 1 aromatic heterocycles. The third-order valence-corrected chi connectivity index (χ3v) is 1.80. The van der Waals surface area contributed by atoms with Crippen molar-refractivity contribution in [2.45, 2.75) is 0 Å². The normalized spacial score (nSPS) is 10.7. The van der Waals surface area contributed by atoms with Crippen molar-refractivity contribution >= 4 is 30.0 Å². The number of benzene rings is 1. The summed E-state index contributed by atoms with van der Waals surface area (Å²) in [5.41, 5.74) is 8.55. The van der Waals surface area contributed by atoms with E-state index in [0.717, 1.165) is 11.0 Å².